The molecule has 2 N–H and O–H groups in total. The quantitative estimate of drug-likeness (QED) is 0.208. The van der Waals surface area contributed by atoms with E-state index in [0.717, 1.165) is 21.6 Å². The van der Waals surface area contributed by atoms with Crippen LogP contribution in [0.25, 0.3) is 0 Å². The molecule has 1 aliphatic heterocycles. The largest absolute Gasteiger partial charge is 0.454 e. The summed E-state index contributed by atoms with van der Waals surface area (Å²) in [4.78, 5) is 26.9. The Hall–Kier alpha value is -4.69. The zero-order chi connectivity index (χ0) is 28.1. The maximum atomic E-state index is 14.2. The minimum atomic E-state index is -0.930. The van der Waals surface area contributed by atoms with Crippen molar-refractivity contribution in [2.75, 3.05) is 12.1 Å². The van der Waals surface area contributed by atoms with Crippen LogP contribution in [0.1, 0.15) is 48.1 Å². The Labute approximate surface area is 233 Å². The van der Waals surface area contributed by atoms with Crippen LogP contribution >= 0.6 is 0 Å². The summed E-state index contributed by atoms with van der Waals surface area (Å²) in [5.74, 6) is 0.691. The van der Waals surface area contributed by atoms with Gasteiger partial charge in [0, 0.05) is 22.9 Å². The average Bonchev–Trinajstić information content (AvgIpc) is 3.42. The van der Waals surface area contributed by atoms with Crippen LogP contribution in [-0.2, 0) is 17.9 Å². The average molecular weight is 539 g/mol. The van der Waals surface area contributed by atoms with E-state index in [-0.39, 0.29) is 24.0 Å². The molecule has 0 bridgehead atoms. The number of carbonyl (C=O) groups excluding carboxylic acids is 1. The van der Waals surface area contributed by atoms with E-state index in [2.05, 4.69) is 19.2 Å². The lowest BCUT2D eigenvalue weighted by molar-refractivity contribution is -0.948. The van der Waals surface area contributed by atoms with Gasteiger partial charge in [-0.05, 0) is 23.6 Å². The Morgan fingerprint density at radius 1 is 0.875 bits per heavy atom. The number of fused-ring (bicyclic) bond motifs is 1. The standard InChI is InChI=1S/C32H31N3O5/c1-22(2)25-13-15-26(16-14-25)33-32(36)31(27-17-29-30(40-21-39-29)18-28(27)35(37)38)34(19-23-9-5-3-6-10-23)20-24-11-7-4-8-12-24/h3-18,22,31H,19-21H2,1-2H3,(H,33,36)/p+1. The number of hydrogen-bond donors (Lipinski definition) is 2. The van der Waals surface area contributed by atoms with E-state index in [9.17, 15) is 14.9 Å². The molecule has 1 unspecified atom stereocenters. The zero-order valence-corrected chi connectivity index (χ0v) is 22.5. The van der Waals surface area contributed by atoms with Crippen LogP contribution in [0.3, 0.4) is 0 Å². The highest BCUT2D eigenvalue weighted by Crippen LogP contribution is 2.40. The fourth-order valence-corrected chi connectivity index (χ4v) is 5.03. The number of nitro benzene ring substituents is 1. The number of quaternary nitrogens is 1. The topological polar surface area (TPSA) is 95.1 Å². The molecule has 0 aromatic heterocycles. The van der Waals surface area contributed by atoms with Gasteiger partial charge in [0.15, 0.2) is 11.5 Å². The lowest BCUT2D eigenvalue weighted by atomic mass is 9.99. The first-order valence-corrected chi connectivity index (χ1v) is 13.3. The zero-order valence-electron chi connectivity index (χ0n) is 22.5. The first-order chi connectivity index (χ1) is 19.4. The second-order valence-electron chi connectivity index (χ2n) is 10.2. The van der Waals surface area contributed by atoms with Gasteiger partial charge in [-0.2, -0.15) is 0 Å². The lowest BCUT2D eigenvalue weighted by Gasteiger charge is -2.28. The van der Waals surface area contributed by atoms with Gasteiger partial charge in [-0.25, -0.2) is 0 Å². The second-order valence-corrected chi connectivity index (χ2v) is 10.2. The van der Waals surface area contributed by atoms with Crippen LogP contribution < -0.4 is 19.7 Å². The van der Waals surface area contributed by atoms with Crippen LogP contribution in [0.15, 0.2) is 97.1 Å². The van der Waals surface area contributed by atoms with Gasteiger partial charge in [0.05, 0.1) is 11.0 Å². The summed E-state index contributed by atoms with van der Waals surface area (Å²) < 4.78 is 11.0. The maximum absolute atomic E-state index is 14.2. The highest BCUT2D eigenvalue weighted by atomic mass is 16.7. The first kappa shape index (κ1) is 26.9. The van der Waals surface area contributed by atoms with E-state index >= 15 is 0 Å². The van der Waals surface area contributed by atoms with Gasteiger partial charge in [-0.15, -0.1) is 0 Å². The molecular formula is C32H32N3O5+. The monoisotopic (exact) mass is 538 g/mol. The molecule has 4 aromatic rings. The van der Waals surface area contributed by atoms with Crippen molar-refractivity contribution < 1.29 is 24.1 Å². The van der Waals surface area contributed by atoms with Crippen molar-refractivity contribution in [1.29, 1.82) is 0 Å². The van der Waals surface area contributed by atoms with Crippen molar-refractivity contribution in [2.24, 2.45) is 0 Å². The molecule has 1 amide bonds. The van der Waals surface area contributed by atoms with Gasteiger partial charge in [0.2, 0.25) is 12.8 Å². The summed E-state index contributed by atoms with van der Waals surface area (Å²) in [5.41, 5.74) is 3.89. The van der Waals surface area contributed by atoms with E-state index in [1.807, 2.05) is 84.9 Å². The highest BCUT2D eigenvalue weighted by Gasteiger charge is 2.39. The minimum Gasteiger partial charge on any atom is -0.454 e. The summed E-state index contributed by atoms with van der Waals surface area (Å²) in [5, 5.41) is 15.4. The van der Waals surface area contributed by atoms with E-state index in [1.165, 1.54) is 6.07 Å². The second kappa shape index (κ2) is 12.0. The summed E-state index contributed by atoms with van der Waals surface area (Å²) in [6.45, 7) is 5.12. The van der Waals surface area contributed by atoms with Crippen molar-refractivity contribution in [2.45, 2.75) is 38.9 Å². The van der Waals surface area contributed by atoms with Crippen molar-refractivity contribution in [3.8, 4) is 11.5 Å². The Balaban J connectivity index is 1.61. The number of carbonyl (C=O) groups is 1. The molecule has 40 heavy (non-hydrogen) atoms. The summed E-state index contributed by atoms with van der Waals surface area (Å²) in [6.07, 6.45) is 0. The molecule has 204 valence electrons. The number of amides is 1. The number of hydrogen-bond acceptors (Lipinski definition) is 5. The van der Waals surface area contributed by atoms with E-state index in [1.54, 1.807) is 6.07 Å². The maximum Gasteiger partial charge on any atom is 0.287 e. The van der Waals surface area contributed by atoms with E-state index < -0.39 is 11.0 Å². The molecule has 0 radical (unpaired) electrons. The van der Waals surface area contributed by atoms with Gasteiger partial charge in [0.1, 0.15) is 18.7 Å². The Bertz CT molecular complexity index is 1430. The van der Waals surface area contributed by atoms with Crippen LogP contribution in [0, 0.1) is 10.1 Å². The lowest BCUT2D eigenvalue weighted by Crippen LogP contribution is -3.10. The van der Waals surface area contributed by atoms with Gasteiger partial charge in [-0.3, -0.25) is 14.9 Å². The minimum absolute atomic E-state index is 0.0282. The highest BCUT2D eigenvalue weighted by molar-refractivity contribution is 5.95. The third-order valence-electron chi connectivity index (χ3n) is 7.09. The number of rotatable bonds is 10. The van der Waals surface area contributed by atoms with Crippen LogP contribution in [-0.4, -0.2) is 17.6 Å². The Morgan fingerprint density at radius 2 is 1.43 bits per heavy atom. The SMILES string of the molecule is CC(C)c1ccc(NC(=O)C(c2cc3c(cc2[N+](=O)[O-])OCO3)[NH+](Cc2ccccc2)Cc2ccccc2)cc1. The molecule has 5 rings (SSSR count). The smallest absolute Gasteiger partial charge is 0.287 e. The Morgan fingerprint density at radius 3 is 1.95 bits per heavy atom. The van der Waals surface area contributed by atoms with Gasteiger partial charge < -0.3 is 19.7 Å². The molecular weight excluding hydrogens is 506 g/mol. The molecule has 4 aromatic carbocycles. The van der Waals surface area contributed by atoms with Gasteiger partial charge in [-0.1, -0.05) is 86.6 Å². The van der Waals surface area contributed by atoms with E-state index in [0.29, 0.717) is 36.2 Å². The molecule has 1 atom stereocenters. The summed E-state index contributed by atoms with van der Waals surface area (Å²) >= 11 is 0. The predicted octanol–water partition coefficient (Wildman–Crippen LogP) is 5.41. The van der Waals surface area contributed by atoms with Gasteiger partial charge >= 0.3 is 0 Å². The molecule has 0 fully saturated rings. The first-order valence-electron chi connectivity index (χ1n) is 13.3. The molecule has 1 heterocycles. The number of ether oxygens (including phenoxy) is 2. The van der Waals surface area contributed by atoms with E-state index in [4.69, 9.17) is 9.47 Å². The third kappa shape index (κ3) is 6.13. The summed E-state index contributed by atoms with van der Waals surface area (Å²) in [7, 11) is 0. The van der Waals surface area contributed by atoms with Crippen molar-refractivity contribution >= 4 is 17.3 Å². The number of nitrogens with zero attached hydrogens (tertiary/aromatic N) is 1. The van der Waals surface area contributed by atoms with Crippen molar-refractivity contribution in [3.05, 3.63) is 129 Å². The van der Waals surface area contributed by atoms with Crippen molar-refractivity contribution in [3.63, 3.8) is 0 Å². The Kier molecular flexibility index (Phi) is 8.07. The number of benzene rings is 4. The molecule has 0 aliphatic carbocycles. The number of anilines is 1. The third-order valence-corrected chi connectivity index (χ3v) is 7.09. The normalized spacial score (nSPS) is 12.9. The molecule has 1 aliphatic rings. The summed E-state index contributed by atoms with van der Waals surface area (Å²) in [6, 6.07) is 29.4. The van der Waals surface area contributed by atoms with Gasteiger partial charge in [0.25, 0.3) is 11.6 Å². The fourth-order valence-electron chi connectivity index (χ4n) is 5.03. The van der Waals surface area contributed by atoms with Crippen molar-refractivity contribution in [1.82, 2.24) is 0 Å². The fraction of sp³-hybridized carbons (Fsp3) is 0.219. The van der Waals surface area contributed by atoms with Crippen LogP contribution in [0.5, 0.6) is 11.5 Å². The molecule has 0 spiro atoms. The molecule has 0 saturated carbocycles. The molecule has 0 saturated heterocycles. The predicted molar refractivity (Wildman–Crippen MR) is 152 cm³/mol. The van der Waals surface area contributed by atoms with Crippen LogP contribution in [0.4, 0.5) is 11.4 Å². The number of nitro groups is 1. The van der Waals surface area contributed by atoms with Crippen LogP contribution in [0.2, 0.25) is 0 Å². The molecule has 8 heteroatoms. The molecule has 8 nitrogen and oxygen atoms in total. The number of nitrogens with one attached hydrogen (secondary N) is 2.